The second-order valence-electron chi connectivity index (χ2n) is 15.4. The first kappa shape index (κ1) is 44.3. The highest BCUT2D eigenvalue weighted by Crippen LogP contribution is 2.32. The average Bonchev–Trinajstić information content (AvgIpc) is 3.01. The first-order chi connectivity index (χ1) is 21.7. The van der Waals surface area contributed by atoms with E-state index in [2.05, 4.69) is 27.7 Å². The maximum atomic E-state index is 13.1. The fourth-order valence-corrected chi connectivity index (χ4v) is 6.74. The van der Waals surface area contributed by atoms with Crippen LogP contribution in [0.25, 0.3) is 0 Å². The van der Waals surface area contributed by atoms with Crippen LogP contribution in [0.4, 0.5) is 0 Å². The molecule has 0 amide bonds. The van der Waals surface area contributed by atoms with Crippen molar-refractivity contribution in [3.63, 3.8) is 0 Å². The van der Waals surface area contributed by atoms with Crippen LogP contribution in [0.1, 0.15) is 214 Å². The van der Waals surface area contributed by atoms with Gasteiger partial charge in [-0.1, -0.05) is 189 Å². The maximum absolute atomic E-state index is 13.1. The minimum absolute atomic E-state index is 0.00963. The summed E-state index contributed by atoms with van der Waals surface area (Å²) in [6.45, 7) is 10.1. The lowest BCUT2D eigenvalue weighted by Crippen LogP contribution is -2.47. The van der Waals surface area contributed by atoms with E-state index < -0.39 is 24.5 Å². The van der Waals surface area contributed by atoms with Gasteiger partial charge >= 0.3 is 0 Å². The fraction of sp³-hybridized carbons (Fsp3) is 0.951. The van der Waals surface area contributed by atoms with Gasteiger partial charge in [-0.25, -0.2) is 0 Å². The van der Waals surface area contributed by atoms with E-state index in [0.717, 1.165) is 50.4 Å². The van der Waals surface area contributed by atoms with Crippen molar-refractivity contribution in [2.24, 2.45) is 23.2 Å². The van der Waals surface area contributed by atoms with Crippen LogP contribution in [0.15, 0.2) is 0 Å². The van der Waals surface area contributed by atoms with E-state index in [0.29, 0.717) is 12.8 Å². The lowest BCUT2D eigenvalue weighted by Gasteiger charge is -2.33. The predicted molar refractivity (Wildman–Crippen MR) is 195 cm³/mol. The van der Waals surface area contributed by atoms with Crippen molar-refractivity contribution in [1.82, 2.24) is 0 Å². The molecule has 0 aliphatic heterocycles. The summed E-state index contributed by atoms with van der Waals surface area (Å²) in [5.74, 6) is 0.901. The predicted octanol–water partition coefficient (Wildman–Crippen LogP) is 12.0. The Labute approximate surface area is 281 Å². The number of aliphatic hydroxyl groups is 2. The summed E-state index contributed by atoms with van der Waals surface area (Å²) in [6.07, 6.45) is 33.5. The third-order valence-corrected chi connectivity index (χ3v) is 10.3. The van der Waals surface area contributed by atoms with Crippen LogP contribution in [0.2, 0.25) is 0 Å². The molecule has 0 aromatic carbocycles. The van der Waals surface area contributed by atoms with Crippen LogP contribution in [0.3, 0.4) is 0 Å². The standard InChI is InChI=1S/C41H80O4/c1-36(2)30-26-22-18-14-10-6-8-12-16-20-24-28-32-39(44)38(5)41(34-42,35-43)40(45)33-29-25-21-17-13-9-7-11-15-19-23-27-31-37(3)4/h36-38,42-43H,6-35H2,1-5H3. The number of ketones is 2. The zero-order chi connectivity index (χ0) is 33.6. The van der Waals surface area contributed by atoms with E-state index in [1.54, 1.807) is 6.92 Å². The third-order valence-electron chi connectivity index (χ3n) is 10.3. The van der Waals surface area contributed by atoms with Crippen LogP contribution in [-0.4, -0.2) is 35.0 Å². The van der Waals surface area contributed by atoms with Crippen LogP contribution in [0, 0.1) is 23.2 Å². The number of Topliss-reactive ketones (excluding diaryl/α,β-unsaturated/α-hetero) is 2. The van der Waals surface area contributed by atoms with Gasteiger partial charge in [0.2, 0.25) is 0 Å². The molecule has 0 aromatic heterocycles. The van der Waals surface area contributed by atoms with Gasteiger partial charge in [0.25, 0.3) is 0 Å². The molecule has 0 aliphatic carbocycles. The molecule has 0 radical (unpaired) electrons. The Morgan fingerprint density at radius 2 is 0.689 bits per heavy atom. The van der Waals surface area contributed by atoms with Crippen molar-refractivity contribution in [3.8, 4) is 0 Å². The number of carbonyl (C=O) groups is 2. The Morgan fingerprint density at radius 3 is 0.978 bits per heavy atom. The van der Waals surface area contributed by atoms with Gasteiger partial charge in [-0.15, -0.1) is 0 Å². The highest BCUT2D eigenvalue weighted by molar-refractivity contribution is 5.92. The molecule has 0 aromatic rings. The molecule has 0 aliphatic rings. The third kappa shape index (κ3) is 24.1. The van der Waals surface area contributed by atoms with Gasteiger partial charge in [-0.3, -0.25) is 9.59 Å². The van der Waals surface area contributed by atoms with Crippen LogP contribution in [-0.2, 0) is 9.59 Å². The Bertz CT molecular complexity index is 666. The van der Waals surface area contributed by atoms with Crippen molar-refractivity contribution in [2.45, 2.75) is 214 Å². The van der Waals surface area contributed by atoms with Gasteiger partial charge in [0.15, 0.2) is 0 Å². The van der Waals surface area contributed by atoms with Crippen molar-refractivity contribution in [2.75, 3.05) is 13.2 Å². The van der Waals surface area contributed by atoms with Gasteiger partial charge in [-0.2, -0.15) is 0 Å². The number of carbonyl (C=O) groups excluding carboxylic acids is 2. The zero-order valence-electron chi connectivity index (χ0n) is 31.2. The summed E-state index contributed by atoms with van der Waals surface area (Å²) in [4.78, 5) is 26.1. The summed E-state index contributed by atoms with van der Waals surface area (Å²) < 4.78 is 0. The van der Waals surface area contributed by atoms with Crippen molar-refractivity contribution >= 4 is 11.6 Å². The largest absolute Gasteiger partial charge is 0.395 e. The number of rotatable bonds is 35. The first-order valence-corrected chi connectivity index (χ1v) is 20.0. The van der Waals surface area contributed by atoms with E-state index in [4.69, 9.17) is 0 Å². The molecule has 4 nitrogen and oxygen atoms in total. The molecule has 268 valence electrons. The number of aliphatic hydroxyl groups excluding tert-OH is 2. The number of unbranched alkanes of at least 4 members (excludes halogenated alkanes) is 22. The van der Waals surface area contributed by atoms with Gasteiger partial charge in [-0.05, 0) is 24.7 Å². The molecule has 0 saturated heterocycles. The van der Waals surface area contributed by atoms with Crippen LogP contribution < -0.4 is 0 Å². The second kappa shape index (κ2) is 30.6. The quantitative estimate of drug-likeness (QED) is 0.0679. The van der Waals surface area contributed by atoms with Gasteiger partial charge in [0.05, 0.1) is 18.6 Å². The van der Waals surface area contributed by atoms with E-state index in [-0.39, 0.29) is 11.6 Å². The molecule has 0 bridgehead atoms. The smallest absolute Gasteiger partial charge is 0.144 e. The van der Waals surface area contributed by atoms with Crippen molar-refractivity contribution in [3.05, 3.63) is 0 Å². The molecule has 1 unspecified atom stereocenters. The molecule has 0 rings (SSSR count). The first-order valence-electron chi connectivity index (χ1n) is 20.0. The topological polar surface area (TPSA) is 74.6 Å². The lowest BCUT2D eigenvalue weighted by molar-refractivity contribution is -0.146. The van der Waals surface area contributed by atoms with E-state index in [1.807, 2.05) is 0 Å². The summed E-state index contributed by atoms with van der Waals surface area (Å²) in [5.41, 5.74) is -1.33. The molecule has 2 N–H and O–H groups in total. The molecule has 1 atom stereocenters. The minimum atomic E-state index is -1.33. The Balaban J connectivity index is 3.94. The van der Waals surface area contributed by atoms with Crippen molar-refractivity contribution in [1.29, 1.82) is 0 Å². The van der Waals surface area contributed by atoms with Crippen LogP contribution in [0.5, 0.6) is 0 Å². The summed E-state index contributed by atoms with van der Waals surface area (Å²) in [7, 11) is 0. The lowest BCUT2D eigenvalue weighted by atomic mass is 9.70. The molecule has 0 spiro atoms. The fourth-order valence-electron chi connectivity index (χ4n) is 6.74. The van der Waals surface area contributed by atoms with Gasteiger partial charge < -0.3 is 10.2 Å². The average molecular weight is 637 g/mol. The Kier molecular flexibility index (Phi) is 30.1. The van der Waals surface area contributed by atoms with Gasteiger partial charge in [0, 0.05) is 18.8 Å². The zero-order valence-corrected chi connectivity index (χ0v) is 31.2. The molecular formula is C41H80O4. The number of hydrogen-bond donors (Lipinski definition) is 2. The summed E-state index contributed by atoms with van der Waals surface area (Å²) in [6, 6.07) is 0. The summed E-state index contributed by atoms with van der Waals surface area (Å²) in [5, 5.41) is 20.3. The molecule has 0 fully saturated rings. The van der Waals surface area contributed by atoms with Gasteiger partial charge in [0.1, 0.15) is 11.6 Å². The molecule has 0 saturated carbocycles. The molecule has 45 heavy (non-hydrogen) atoms. The van der Waals surface area contributed by atoms with Crippen LogP contribution >= 0.6 is 0 Å². The van der Waals surface area contributed by atoms with E-state index >= 15 is 0 Å². The normalized spacial score (nSPS) is 12.8. The maximum Gasteiger partial charge on any atom is 0.144 e. The highest BCUT2D eigenvalue weighted by Gasteiger charge is 2.44. The molecule has 0 heterocycles. The van der Waals surface area contributed by atoms with E-state index in [9.17, 15) is 19.8 Å². The highest BCUT2D eigenvalue weighted by atomic mass is 16.3. The minimum Gasteiger partial charge on any atom is -0.395 e. The Morgan fingerprint density at radius 1 is 0.422 bits per heavy atom. The molecule has 4 heteroatoms. The molecular weight excluding hydrogens is 556 g/mol. The SMILES string of the molecule is CC(C)CCCCCCCCCCCCCCC(=O)C(C)C(CO)(CO)C(=O)CCCCCCCCCCCCCCC(C)C. The summed E-state index contributed by atoms with van der Waals surface area (Å²) >= 11 is 0. The van der Waals surface area contributed by atoms with E-state index in [1.165, 1.54) is 128 Å². The Hall–Kier alpha value is -0.740. The second-order valence-corrected chi connectivity index (χ2v) is 15.4. The van der Waals surface area contributed by atoms with Crippen molar-refractivity contribution < 1.29 is 19.8 Å². The number of hydrogen-bond acceptors (Lipinski definition) is 4. The monoisotopic (exact) mass is 637 g/mol.